The summed E-state index contributed by atoms with van der Waals surface area (Å²) in [5, 5.41) is 0. The smallest absolute Gasteiger partial charge is 0.0253 e. The highest BCUT2D eigenvalue weighted by Crippen LogP contribution is 2.28. The fraction of sp³-hybridized carbons (Fsp3) is 0.684. The molecule has 1 aromatic carbocycles. The summed E-state index contributed by atoms with van der Waals surface area (Å²) in [6.07, 6.45) is 3.96. The molecule has 0 saturated heterocycles. The van der Waals surface area contributed by atoms with Gasteiger partial charge in [0.25, 0.3) is 0 Å². The fourth-order valence-electron chi connectivity index (χ4n) is 2.97. The summed E-state index contributed by atoms with van der Waals surface area (Å²) in [4.78, 5) is 0. The summed E-state index contributed by atoms with van der Waals surface area (Å²) in [6, 6.07) is 9.05. The van der Waals surface area contributed by atoms with Crippen molar-refractivity contribution in [1.82, 2.24) is 0 Å². The molecule has 0 aliphatic carbocycles. The Bertz CT molecular complexity index is 345. The maximum Gasteiger partial charge on any atom is -0.0253 e. The van der Waals surface area contributed by atoms with Crippen molar-refractivity contribution in [3.8, 4) is 0 Å². The van der Waals surface area contributed by atoms with Gasteiger partial charge in [-0.2, -0.15) is 0 Å². The van der Waals surface area contributed by atoms with Gasteiger partial charge in [-0.25, -0.2) is 0 Å². The van der Waals surface area contributed by atoms with Crippen LogP contribution >= 0.6 is 0 Å². The number of aryl methyl sites for hydroxylation is 1. The van der Waals surface area contributed by atoms with E-state index in [1.54, 1.807) is 0 Å². The predicted molar refractivity (Wildman–Crippen MR) is 86.4 cm³/mol. The molecule has 19 heavy (non-hydrogen) atoms. The lowest BCUT2D eigenvalue weighted by Gasteiger charge is -2.26. The number of rotatable bonds is 7. The Balaban J connectivity index is 2.52. The van der Waals surface area contributed by atoms with Gasteiger partial charge < -0.3 is 0 Å². The molecule has 0 heterocycles. The van der Waals surface area contributed by atoms with Crippen molar-refractivity contribution in [2.75, 3.05) is 0 Å². The monoisotopic (exact) mass is 260 g/mol. The van der Waals surface area contributed by atoms with Crippen LogP contribution in [-0.2, 0) is 6.42 Å². The molecule has 0 amide bonds. The average molecular weight is 260 g/mol. The third-order valence-electron chi connectivity index (χ3n) is 4.13. The molecule has 0 heteroatoms. The maximum atomic E-state index is 2.41. The van der Waals surface area contributed by atoms with Gasteiger partial charge in [-0.05, 0) is 55.4 Å². The van der Waals surface area contributed by atoms with Crippen LogP contribution in [0, 0.1) is 30.6 Å². The molecule has 0 fully saturated rings. The minimum Gasteiger partial charge on any atom is -0.0628 e. The molecule has 1 rings (SSSR count). The van der Waals surface area contributed by atoms with Crippen LogP contribution in [0.25, 0.3) is 0 Å². The largest absolute Gasteiger partial charge is 0.0628 e. The first-order valence-electron chi connectivity index (χ1n) is 7.94. The van der Waals surface area contributed by atoms with Crippen LogP contribution in [0.4, 0.5) is 0 Å². The topological polar surface area (TPSA) is 0 Å². The van der Waals surface area contributed by atoms with Gasteiger partial charge in [0, 0.05) is 0 Å². The second kappa shape index (κ2) is 7.72. The molecule has 1 aromatic rings. The van der Waals surface area contributed by atoms with E-state index in [9.17, 15) is 0 Å². The van der Waals surface area contributed by atoms with Gasteiger partial charge in [-0.1, -0.05) is 64.4 Å². The zero-order chi connectivity index (χ0) is 14.4. The summed E-state index contributed by atoms with van der Waals surface area (Å²) in [7, 11) is 0. The Hall–Kier alpha value is -0.780. The predicted octanol–water partition coefficient (Wildman–Crippen LogP) is 5.88. The van der Waals surface area contributed by atoms with Crippen molar-refractivity contribution in [2.45, 2.75) is 60.8 Å². The van der Waals surface area contributed by atoms with Crippen LogP contribution in [0.3, 0.4) is 0 Å². The van der Waals surface area contributed by atoms with E-state index in [1.807, 2.05) is 0 Å². The van der Waals surface area contributed by atoms with E-state index in [1.165, 1.54) is 30.4 Å². The molecule has 0 aliphatic heterocycles. The van der Waals surface area contributed by atoms with E-state index in [2.05, 4.69) is 65.8 Å². The molecule has 0 aliphatic rings. The van der Waals surface area contributed by atoms with Gasteiger partial charge in [0.05, 0.1) is 0 Å². The highest BCUT2D eigenvalue weighted by atomic mass is 14.2. The highest BCUT2D eigenvalue weighted by Gasteiger charge is 2.18. The van der Waals surface area contributed by atoms with Crippen molar-refractivity contribution in [2.24, 2.45) is 23.7 Å². The van der Waals surface area contributed by atoms with Gasteiger partial charge in [0.2, 0.25) is 0 Å². The normalized spacial score (nSPS) is 14.9. The molecule has 108 valence electrons. The molecule has 0 aromatic heterocycles. The molecule has 0 saturated carbocycles. The first-order valence-corrected chi connectivity index (χ1v) is 7.94. The second-order valence-corrected chi connectivity index (χ2v) is 7.16. The Morgan fingerprint density at radius 2 is 1.42 bits per heavy atom. The molecule has 2 unspecified atom stereocenters. The Kier molecular flexibility index (Phi) is 6.62. The highest BCUT2D eigenvalue weighted by molar-refractivity contribution is 5.21. The standard InChI is InChI=1S/C19H32/c1-14(2)11-19(15(3)4)13-17(6)12-18-9-7-16(5)8-10-18/h7-10,14-15,17,19H,11-13H2,1-6H3. The summed E-state index contributed by atoms with van der Waals surface area (Å²) >= 11 is 0. The summed E-state index contributed by atoms with van der Waals surface area (Å²) < 4.78 is 0. The number of hydrogen-bond donors (Lipinski definition) is 0. The fourth-order valence-corrected chi connectivity index (χ4v) is 2.97. The molecule has 0 radical (unpaired) electrons. The van der Waals surface area contributed by atoms with Crippen LogP contribution in [-0.4, -0.2) is 0 Å². The van der Waals surface area contributed by atoms with Gasteiger partial charge in [0.15, 0.2) is 0 Å². The molecule has 0 bridgehead atoms. The number of hydrogen-bond acceptors (Lipinski definition) is 0. The van der Waals surface area contributed by atoms with E-state index in [4.69, 9.17) is 0 Å². The van der Waals surface area contributed by atoms with E-state index >= 15 is 0 Å². The van der Waals surface area contributed by atoms with Crippen molar-refractivity contribution in [3.63, 3.8) is 0 Å². The van der Waals surface area contributed by atoms with Crippen LogP contribution in [0.2, 0.25) is 0 Å². The molecule has 0 nitrogen and oxygen atoms in total. The van der Waals surface area contributed by atoms with E-state index in [-0.39, 0.29) is 0 Å². The van der Waals surface area contributed by atoms with E-state index in [0.29, 0.717) is 0 Å². The first-order chi connectivity index (χ1) is 8.88. The average Bonchev–Trinajstić information content (AvgIpc) is 2.30. The summed E-state index contributed by atoms with van der Waals surface area (Å²) in [5.41, 5.74) is 2.85. The quantitative estimate of drug-likeness (QED) is 0.574. The Labute approximate surface area is 120 Å². The lowest BCUT2D eigenvalue weighted by molar-refractivity contribution is 0.260. The van der Waals surface area contributed by atoms with Crippen LogP contribution < -0.4 is 0 Å². The summed E-state index contributed by atoms with van der Waals surface area (Å²) in [5.74, 6) is 3.29. The zero-order valence-electron chi connectivity index (χ0n) is 13.7. The first kappa shape index (κ1) is 16.3. The van der Waals surface area contributed by atoms with Gasteiger partial charge in [-0.15, -0.1) is 0 Å². The number of benzene rings is 1. The third kappa shape index (κ3) is 6.27. The van der Waals surface area contributed by atoms with Crippen LogP contribution in [0.1, 0.15) is 58.6 Å². The van der Waals surface area contributed by atoms with Crippen molar-refractivity contribution in [3.05, 3.63) is 35.4 Å². The molecule has 0 N–H and O–H groups in total. The minimum atomic E-state index is 0.786. The van der Waals surface area contributed by atoms with Gasteiger partial charge in [0.1, 0.15) is 0 Å². The lowest BCUT2D eigenvalue weighted by Crippen LogP contribution is -2.16. The Morgan fingerprint density at radius 1 is 0.842 bits per heavy atom. The van der Waals surface area contributed by atoms with Crippen LogP contribution in [0.5, 0.6) is 0 Å². The zero-order valence-corrected chi connectivity index (χ0v) is 13.7. The van der Waals surface area contributed by atoms with E-state index in [0.717, 1.165) is 23.7 Å². The Morgan fingerprint density at radius 3 is 1.89 bits per heavy atom. The van der Waals surface area contributed by atoms with Crippen molar-refractivity contribution < 1.29 is 0 Å². The molecular formula is C19H32. The lowest BCUT2D eigenvalue weighted by atomic mass is 9.80. The maximum absolute atomic E-state index is 2.41. The second-order valence-electron chi connectivity index (χ2n) is 7.16. The van der Waals surface area contributed by atoms with Gasteiger partial charge in [-0.3, -0.25) is 0 Å². The minimum absolute atomic E-state index is 0.786. The van der Waals surface area contributed by atoms with E-state index < -0.39 is 0 Å². The van der Waals surface area contributed by atoms with Crippen molar-refractivity contribution >= 4 is 0 Å². The van der Waals surface area contributed by atoms with Gasteiger partial charge >= 0.3 is 0 Å². The third-order valence-corrected chi connectivity index (χ3v) is 4.13. The SMILES string of the molecule is Cc1ccc(CC(C)CC(CC(C)C)C(C)C)cc1. The van der Waals surface area contributed by atoms with Crippen LogP contribution in [0.15, 0.2) is 24.3 Å². The van der Waals surface area contributed by atoms with Crippen molar-refractivity contribution in [1.29, 1.82) is 0 Å². The summed E-state index contributed by atoms with van der Waals surface area (Å²) in [6.45, 7) is 14.0. The molecule has 0 spiro atoms. The molecular weight excluding hydrogens is 228 g/mol. The molecule has 2 atom stereocenters.